The second-order valence-electron chi connectivity index (χ2n) is 5.40. The van der Waals surface area contributed by atoms with Crippen molar-refractivity contribution in [2.45, 2.75) is 0 Å². The molecule has 2 rings (SSSR count). The third kappa shape index (κ3) is 3.85. The molecule has 0 atom stereocenters. The predicted molar refractivity (Wildman–Crippen MR) is 89.6 cm³/mol. The number of aliphatic hydroxyl groups excluding tert-OH is 1. The number of rotatable bonds is 7. The van der Waals surface area contributed by atoms with Crippen LogP contribution in [0.1, 0.15) is 10.4 Å². The Morgan fingerprint density at radius 3 is 2.58 bits per heavy atom. The van der Waals surface area contributed by atoms with Crippen molar-refractivity contribution in [3.63, 3.8) is 0 Å². The van der Waals surface area contributed by atoms with E-state index in [1.165, 1.54) is 17.0 Å². The molecular weight excluding hydrogens is 347 g/mol. The number of aliphatic hydroxyl groups is 1. The first-order chi connectivity index (χ1) is 12.3. The molecule has 26 heavy (non-hydrogen) atoms. The molecule has 0 saturated carbocycles. The van der Waals surface area contributed by atoms with Crippen LogP contribution in [0.2, 0.25) is 0 Å². The molecule has 0 unspecified atom stereocenters. The Morgan fingerprint density at radius 2 is 2.04 bits per heavy atom. The molecule has 1 amide bonds. The highest BCUT2D eigenvalue weighted by molar-refractivity contribution is 6.60. The monoisotopic (exact) mass is 364 g/mol. The molecule has 5 N–H and O–H groups in total. The van der Waals surface area contributed by atoms with Crippen LogP contribution < -0.4 is 10.8 Å². The molecule has 0 saturated heterocycles. The van der Waals surface area contributed by atoms with Gasteiger partial charge in [0.2, 0.25) is 0 Å². The van der Waals surface area contributed by atoms with Crippen LogP contribution in [-0.4, -0.2) is 76.9 Å². The van der Waals surface area contributed by atoms with Gasteiger partial charge in [0.25, 0.3) is 5.91 Å². The summed E-state index contributed by atoms with van der Waals surface area (Å²) in [5.41, 5.74) is -0.509. The van der Waals surface area contributed by atoms with E-state index >= 15 is 0 Å². The summed E-state index contributed by atoms with van der Waals surface area (Å²) in [5, 5.41) is 39.7. The lowest BCUT2D eigenvalue weighted by Crippen LogP contribution is -2.34. The van der Waals surface area contributed by atoms with Gasteiger partial charge in [-0.2, -0.15) is 0 Å². The lowest BCUT2D eigenvalue weighted by molar-refractivity contribution is -0.136. The number of methoxy groups -OCH3 is 1. The topological polar surface area (TPSA) is 157 Å². The van der Waals surface area contributed by atoms with Gasteiger partial charge in [0.15, 0.2) is 0 Å². The van der Waals surface area contributed by atoms with Gasteiger partial charge in [-0.15, -0.1) is 0 Å². The first-order valence-corrected chi connectivity index (χ1v) is 7.52. The van der Waals surface area contributed by atoms with Gasteiger partial charge in [0.1, 0.15) is 5.70 Å². The number of aromatic carboxylic acids is 1. The Kier molecular flexibility index (Phi) is 5.98. The predicted octanol–water partition coefficient (Wildman–Crippen LogP) is -2.26. The summed E-state index contributed by atoms with van der Waals surface area (Å²) >= 11 is 0. The van der Waals surface area contributed by atoms with Crippen LogP contribution in [0, 0.1) is 0 Å². The maximum atomic E-state index is 12.5. The summed E-state index contributed by atoms with van der Waals surface area (Å²) in [6, 6.07) is 3.47. The van der Waals surface area contributed by atoms with E-state index in [9.17, 15) is 24.4 Å². The smallest absolute Gasteiger partial charge is 0.478 e. The zero-order chi connectivity index (χ0) is 19.4. The van der Waals surface area contributed by atoms with Crippen molar-refractivity contribution >= 4 is 36.1 Å². The number of nitrogens with zero attached hydrogens (tertiary/aromatic N) is 1. The Labute approximate surface area is 148 Å². The van der Waals surface area contributed by atoms with E-state index in [4.69, 9.17) is 10.2 Å². The number of carboxylic acid groups (broad SMARTS) is 1. The van der Waals surface area contributed by atoms with E-state index in [0.717, 1.165) is 13.2 Å². The molecule has 11 heteroatoms. The maximum absolute atomic E-state index is 12.5. The van der Waals surface area contributed by atoms with E-state index in [2.05, 4.69) is 10.1 Å². The summed E-state index contributed by atoms with van der Waals surface area (Å²) in [7, 11) is -0.798. The van der Waals surface area contributed by atoms with Crippen molar-refractivity contribution in [3.05, 3.63) is 35.0 Å². The summed E-state index contributed by atoms with van der Waals surface area (Å²) < 4.78 is 4.65. The van der Waals surface area contributed by atoms with Gasteiger partial charge in [0, 0.05) is 17.7 Å². The molecular formula is C15H17BN2O8. The summed E-state index contributed by atoms with van der Waals surface area (Å²) in [4.78, 5) is 36.8. The number of carboxylic acids is 1. The number of hydrogen-bond donors (Lipinski definition) is 5. The lowest BCUT2D eigenvalue weighted by atomic mass is 9.78. The van der Waals surface area contributed by atoms with Crippen molar-refractivity contribution < 1.29 is 39.4 Å². The zero-order valence-corrected chi connectivity index (χ0v) is 13.8. The normalized spacial score (nSPS) is 13.8. The van der Waals surface area contributed by atoms with Crippen LogP contribution in [0.4, 0.5) is 5.69 Å². The van der Waals surface area contributed by atoms with Gasteiger partial charge in [-0.3, -0.25) is 4.79 Å². The third-order valence-electron chi connectivity index (χ3n) is 3.79. The fourth-order valence-corrected chi connectivity index (χ4v) is 2.51. The van der Waals surface area contributed by atoms with E-state index in [0.29, 0.717) is 0 Å². The zero-order valence-electron chi connectivity index (χ0n) is 13.8. The number of β-amino-alcohol motifs (C(OH)–C–C–N with tert-alkyl or cyclic N) is 1. The molecule has 0 fully saturated rings. The minimum Gasteiger partial charge on any atom is -0.478 e. The van der Waals surface area contributed by atoms with Crippen LogP contribution in [0.5, 0.6) is 0 Å². The fourth-order valence-electron chi connectivity index (χ4n) is 2.51. The largest absolute Gasteiger partial charge is 0.490 e. The molecule has 1 heterocycles. The number of nitrogens with one attached hydrogen (secondary N) is 1. The maximum Gasteiger partial charge on any atom is 0.490 e. The molecule has 138 valence electrons. The van der Waals surface area contributed by atoms with Crippen molar-refractivity contribution in [1.29, 1.82) is 0 Å². The summed E-state index contributed by atoms with van der Waals surface area (Å²) in [5.74, 6) is -2.64. The fraction of sp³-hybridized carbons (Fsp3) is 0.267. The highest BCUT2D eigenvalue weighted by Crippen LogP contribution is 2.22. The van der Waals surface area contributed by atoms with Crippen LogP contribution in [-0.2, 0) is 14.3 Å². The molecule has 0 aromatic heterocycles. The number of carbonyl (C=O) groups is 3. The first kappa shape index (κ1) is 19.4. The van der Waals surface area contributed by atoms with Crippen LogP contribution in [0.25, 0.3) is 0 Å². The van der Waals surface area contributed by atoms with Crippen molar-refractivity contribution in [3.8, 4) is 0 Å². The number of ether oxygens (including phenoxy) is 1. The summed E-state index contributed by atoms with van der Waals surface area (Å²) in [6.07, 6.45) is 0. The van der Waals surface area contributed by atoms with E-state index in [-0.39, 0.29) is 47.7 Å². The molecule has 1 aromatic rings. The molecule has 0 radical (unpaired) electrons. The number of hydrogen-bond acceptors (Lipinski definition) is 8. The van der Waals surface area contributed by atoms with Gasteiger partial charge in [-0.1, -0.05) is 6.07 Å². The molecule has 0 bridgehead atoms. The van der Waals surface area contributed by atoms with Gasteiger partial charge in [-0.05, 0) is 12.1 Å². The molecule has 0 spiro atoms. The SMILES string of the molecule is COC(=O)C1=C(Nc2cc(C(=O)O)ccc2B(O)O)C(=O)N(CCO)C1. The summed E-state index contributed by atoms with van der Waals surface area (Å²) in [6.45, 7) is -0.443. The Bertz CT molecular complexity index is 777. The van der Waals surface area contributed by atoms with Crippen LogP contribution in [0.3, 0.4) is 0 Å². The minimum atomic E-state index is -1.94. The number of esters is 1. The van der Waals surface area contributed by atoms with Gasteiger partial charge >= 0.3 is 19.1 Å². The van der Waals surface area contributed by atoms with E-state index in [1.807, 2.05) is 0 Å². The Hall–Kier alpha value is -2.89. The first-order valence-electron chi connectivity index (χ1n) is 7.52. The quantitative estimate of drug-likeness (QED) is 0.266. The number of benzene rings is 1. The van der Waals surface area contributed by atoms with Gasteiger partial charge in [-0.25, -0.2) is 9.59 Å². The second-order valence-corrected chi connectivity index (χ2v) is 5.40. The van der Waals surface area contributed by atoms with Crippen LogP contribution in [0.15, 0.2) is 29.5 Å². The van der Waals surface area contributed by atoms with Crippen molar-refractivity contribution in [1.82, 2.24) is 4.90 Å². The number of carbonyl (C=O) groups excluding carboxylic acids is 2. The van der Waals surface area contributed by atoms with Crippen molar-refractivity contribution in [2.24, 2.45) is 0 Å². The molecule has 1 aromatic carbocycles. The van der Waals surface area contributed by atoms with E-state index in [1.54, 1.807) is 0 Å². The molecule has 0 aliphatic carbocycles. The Morgan fingerprint density at radius 1 is 1.35 bits per heavy atom. The third-order valence-corrected chi connectivity index (χ3v) is 3.79. The van der Waals surface area contributed by atoms with E-state index < -0.39 is 25.0 Å². The number of anilines is 1. The average molecular weight is 364 g/mol. The minimum absolute atomic E-state index is 0.0187. The van der Waals surface area contributed by atoms with Gasteiger partial charge < -0.3 is 35.2 Å². The molecule has 1 aliphatic heterocycles. The highest BCUT2D eigenvalue weighted by Gasteiger charge is 2.35. The Balaban J connectivity index is 2.48. The van der Waals surface area contributed by atoms with Gasteiger partial charge in [0.05, 0.1) is 31.4 Å². The second kappa shape index (κ2) is 8.00. The lowest BCUT2D eigenvalue weighted by Gasteiger charge is -2.16. The molecule has 10 nitrogen and oxygen atoms in total. The highest BCUT2D eigenvalue weighted by atomic mass is 16.5. The van der Waals surface area contributed by atoms with Crippen molar-refractivity contribution in [2.75, 3.05) is 32.1 Å². The number of amides is 1. The van der Waals surface area contributed by atoms with Crippen LogP contribution >= 0.6 is 0 Å². The average Bonchev–Trinajstić information content (AvgIpc) is 2.90. The molecule has 1 aliphatic rings. The standard InChI is InChI=1S/C15H17BN2O8/c1-26-15(23)9-7-18(4-5-19)13(20)12(9)17-11-6-8(14(21)22)2-3-10(11)16(24)25/h2-3,6,17,19,24-25H,4-5,7H2,1H3,(H,21,22).